The number of carboxylic acid groups (broad SMARTS) is 1. The molecule has 1 aliphatic carbocycles. The van der Waals surface area contributed by atoms with Crippen LogP contribution in [0.2, 0.25) is 0 Å². The number of hydrogen-bond acceptors (Lipinski definition) is 5. The van der Waals surface area contributed by atoms with Crippen molar-refractivity contribution in [3.8, 4) is 11.6 Å². The van der Waals surface area contributed by atoms with Crippen LogP contribution in [-0.2, 0) is 6.61 Å². The van der Waals surface area contributed by atoms with Gasteiger partial charge >= 0.3 is 5.97 Å². The van der Waals surface area contributed by atoms with Crippen LogP contribution in [0, 0.1) is 5.92 Å². The van der Waals surface area contributed by atoms with Crippen LogP contribution in [0.25, 0.3) is 0 Å². The number of aromatic nitrogens is 2. The van der Waals surface area contributed by atoms with E-state index in [0.717, 1.165) is 41.3 Å². The number of nitrogens with zero attached hydrogens (tertiary/aromatic N) is 2. The molecule has 4 rings (SSSR count). The van der Waals surface area contributed by atoms with Gasteiger partial charge in [0.25, 0.3) is 5.88 Å². The second-order valence-corrected chi connectivity index (χ2v) is 8.65. The smallest absolute Gasteiger partial charge is 0.358 e. The zero-order chi connectivity index (χ0) is 21.8. The van der Waals surface area contributed by atoms with E-state index < -0.39 is 11.8 Å². The number of rotatable bonds is 7. The number of aromatic hydroxyl groups is 1. The van der Waals surface area contributed by atoms with Crippen molar-refractivity contribution < 1.29 is 19.7 Å². The molecule has 3 aromatic rings. The number of ether oxygens (including phenoxy) is 1. The minimum atomic E-state index is -1.26. The molecular formula is C24H23BrN2O4. The minimum Gasteiger partial charge on any atom is -0.491 e. The normalized spacial score (nSPS) is 15.0. The highest BCUT2D eigenvalue weighted by atomic mass is 79.9. The van der Waals surface area contributed by atoms with Crippen LogP contribution in [0.4, 0.5) is 0 Å². The van der Waals surface area contributed by atoms with Crippen molar-refractivity contribution in [1.82, 2.24) is 9.97 Å². The van der Waals surface area contributed by atoms with Gasteiger partial charge in [-0.1, -0.05) is 71.2 Å². The van der Waals surface area contributed by atoms with E-state index in [1.54, 1.807) is 0 Å². The third-order valence-electron chi connectivity index (χ3n) is 5.67. The molecule has 1 aliphatic rings. The maximum atomic E-state index is 12.0. The Balaban J connectivity index is 1.72. The average Bonchev–Trinajstić information content (AvgIpc) is 3.29. The highest BCUT2D eigenvalue weighted by molar-refractivity contribution is 9.10. The maximum absolute atomic E-state index is 12.0. The molecule has 0 radical (unpaired) electrons. The van der Waals surface area contributed by atoms with Crippen LogP contribution < -0.4 is 4.74 Å². The largest absolute Gasteiger partial charge is 0.491 e. The molecule has 1 fully saturated rings. The summed E-state index contributed by atoms with van der Waals surface area (Å²) < 4.78 is 6.59. The van der Waals surface area contributed by atoms with E-state index in [1.807, 2.05) is 54.6 Å². The molecule has 1 saturated carbocycles. The second-order valence-electron chi connectivity index (χ2n) is 7.74. The minimum absolute atomic E-state index is 0.107. The van der Waals surface area contributed by atoms with Gasteiger partial charge in [0.15, 0.2) is 5.69 Å². The van der Waals surface area contributed by atoms with E-state index in [1.165, 1.54) is 0 Å². The molecule has 0 amide bonds. The molecule has 0 bridgehead atoms. The van der Waals surface area contributed by atoms with Gasteiger partial charge in [-0.15, -0.1) is 0 Å². The van der Waals surface area contributed by atoms with E-state index in [-0.39, 0.29) is 24.0 Å². The molecule has 2 N–H and O–H groups in total. The monoisotopic (exact) mass is 482 g/mol. The van der Waals surface area contributed by atoms with E-state index in [9.17, 15) is 15.0 Å². The predicted octanol–water partition coefficient (Wildman–Crippen LogP) is 5.54. The van der Waals surface area contributed by atoms with Crippen LogP contribution in [0.5, 0.6) is 11.6 Å². The maximum Gasteiger partial charge on any atom is 0.358 e. The Labute approximate surface area is 189 Å². The Hall–Kier alpha value is -2.93. The van der Waals surface area contributed by atoms with Gasteiger partial charge in [0, 0.05) is 10.4 Å². The third-order valence-corrected chi connectivity index (χ3v) is 6.20. The zero-order valence-corrected chi connectivity index (χ0v) is 18.5. The van der Waals surface area contributed by atoms with Crippen molar-refractivity contribution in [2.45, 2.75) is 38.2 Å². The predicted molar refractivity (Wildman–Crippen MR) is 119 cm³/mol. The Morgan fingerprint density at radius 2 is 1.74 bits per heavy atom. The summed E-state index contributed by atoms with van der Waals surface area (Å²) in [5, 5.41) is 20.4. The van der Waals surface area contributed by atoms with E-state index in [2.05, 4.69) is 25.9 Å². The number of halogens is 1. The molecule has 6 nitrogen and oxygen atoms in total. The molecule has 0 saturated heterocycles. The van der Waals surface area contributed by atoms with Gasteiger partial charge in [-0.3, -0.25) is 0 Å². The molecule has 1 heterocycles. The topological polar surface area (TPSA) is 92.5 Å². The number of carbonyl (C=O) groups is 1. The first-order chi connectivity index (χ1) is 15.0. The summed E-state index contributed by atoms with van der Waals surface area (Å²) in [7, 11) is 0. The Morgan fingerprint density at radius 1 is 1.06 bits per heavy atom. The molecule has 1 unspecified atom stereocenters. The van der Waals surface area contributed by atoms with Crippen molar-refractivity contribution in [1.29, 1.82) is 0 Å². The van der Waals surface area contributed by atoms with E-state index in [0.29, 0.717) is 11.7 Å². The molecule has 1 atom stereocenters. The lowest BCUT2D eigenvalue weighted by atomic mass is 9.84. The second kappa shape index (κ2) is 9.47. The quantitative estimate of drug-likeness (QED) is 0.458. The fraction of sp³-hybridized carbons (Fsp3) is 0.292. The van der Waals surface area contributed by atoms with Crippen LogP contribution >= 0.6 is 15.9 Å². The van der Waals surface area contributed by atoms with Crippen molar-refractivity contribution in [2.24, 2.45) is 5.92 Å². The molecule has 31 heavy (non-hydrogen) atoms. The Morgan fingerprint density at radius 3 is 2.39 bits per heavy atom. The molecule has 0 spiro atoms. The molecule has 7 heteroatoms. The first-order valence-electron chi connectivity index (χ1n) is 10.3. The van der Waals surface area contributed by atoms with Gasteiger partial charge in [-0.25, -0.2) is 9.78 Å². The standard InChI is InChI=1S/C24H23BrN2O4/c25-18-12-10-17(11-13-18)19(16-8-4-5-9-16)22-26-20(24(29)30)21(23(28)27-22)31-14-15-6-2-1-3-7-15/h1-3,6-7,10-13,16,19H,4-5,8-9,14H2,(H,29,30)(H,26,27,28). The summed E-state index contributed by atoms with van der Waals surface area (Å²) in [6.07, 6.45) is 4.26. The molecule has 0 aliphatic heterocycles. The zero-order valence-electron chi connectivity index (χ0n) is 16.9. The summed E-state index contributed by atoms with van der Waals surface area (Å²) in [6.45, 7) is 0.107. The van der Waals surface area contributed by atoms with Gasteiger partial charge in [-0.2, -0.15) is 4.98 Å². The van der Waals surface area contributed by atoms with Crippen LogP contribution in [0.3, 0.4) is 0 Å². The molecular weight excluding hydrogens is 460 g/mol. The van der Waals surface area contributed by atoms with Crippen LogP contribution in [0.1, 0.15) is 59.0 Å². The lowest BCUT2D eigenvalue weighted by molar-refractivity contribution is 0.0682. The van der Waals surface area contributed by atoms with Crippen molar-refractivity contribution >= 4 is 21.9 Å². The third kappa shape index (κ3) is 4.88. The highest BCUT2D eigenvalue weighted by Gasteiger charge is 2.32. The average molecular weight is 483 g/mol. The van der Waals surface area contributed by atoms with Gasteiger partial charge in [0.2, 0.25) is 5.75 Å². The molecule has 1 aromatic heterocycles. The number of hydrogen-bond donors (Lipinski definition) is 2. The van der Waals surface area contributed by atoms with Gasteiger partial charge in [0.1, 0.15) is 12.4 Å². The first-order valence-corrected chi connectivity index (χ1v) is 11.1. The van der Waals surface area contributed by atoms with E-state index >= 15 is 0 Å². The van der Waals surface area contributed by atoms with Crippen molar-refractivity contribution in [3.63, 3.8) is 0 Å². The summed E-state index contributed by atoms with van der Waals surface area (Å²) in [5.41, 5.74) is 1.53. The fourth-order valence-electron chi connectivity index (χ4n) is 4.20. The number of aromatic carboxylic acids is 1. The summed E-state index contributed by atoms with van der Waals surface area (Å²) >= 11 is 3.46. The Bertz CT molecular complexity index is 1050. The summed E-state index contributed by atoms with van der Waals surface area (Å²) in [6, 6.07) is 17.2. The molecule has 160 valence electrons. The first kappa shape index (κ1) is 21.3. The van der Waals surface area contributed by atoms with E-state index in [4.69, 9.17) is 4.74 Å². The SMILES string of the molecule is O=C(O)c1nc(C(c2ccc(Br)cc2)C2CCCC2)nc(O)c1OCc1ccccc1. The Kier molecular flexibility index (Phi) is 6.51. The molecule has 2 aromatic carbocycles. The van der Waals surface area contributed by atoms with Crippen LogP contribution in [0.15, 0.2) is 59.1 Å². The number of carboxylic acids is 1. The lowest BCUT2D eigenvalue weighted by Gasteiger charge is -2.23. The van der Waals surface area contributed by atoms with Gasteiger partial charge in [-0.05, 0) is 42.0 Å². The van der Waals surface area contributed by atoms with Gasteiger partial charge in [0.05, 0.1) is 0 Å². The fourth-order valence-corrected chi connectivity index (χ4v) is 4.46. The van der Waals surface area contributed by atoms with Crippen LogP contribution in [-0.4, -0.2) is 26.2 Å². The van der Waals surface area contributed by atoms with Crippen molar-refractivity contribution in [3.05, 3.63) is 81.7 Å². The highest BCUT2D eigenvalue weighted by Crippen LogP contribution is 2.42. The lowest BCUT2D eigenvalue weighted by Crippen LogP contribution is -2.18. The summed E-state index contributed by atoms with van der Waals surface area (Å²) in [5.74, 6) is -1.50. The summed E-state index contributed by atoms with van der Waals surface area (Å²) in [4.78, 5) is 20.7. The number of benzene rings is 2. The van der Waals surface area contributed by atoms with Crippen molar-refractivity contribution in [2.75, 3.05) is 0 Å². The van der Waals surface area contributed by atoms with Gasteiger partial charge < -0.3 is 14.9 Å².